The molecule has 0 aromatic heterocycles. The zero-order valence-corrected chi connectivity index (χ0v) is 44.2. The lowest BCUT2D eigenvalue weighted by molar-refractivity contribution is -0.167. The van der Waals surface area contributed by atoms with E-state index in [4.69, 9.17) is 14.2 Å². The van der Waals surface area contributed by atoms with Crippen LogP contribution in [0.25, 0.3) is 0 Å². The molecule has 6 heteroatoms. The molecular weight excluding hydrogens is 829 g/mol. The van der Waals surface area contributed by atoms with Crippen molar-refractivity contribution in [2.75, 3.05) is 13.2 Å². The molecule has 0 aromatic carbocycles. The van der Waals surface area contributed by atoms with Crippen molar-refractivity contribution in [3.05, 3.63) is 72.9 Å². The molecule has 0 aliphatic carbocycles. The second-order valence-electron chi connectivity index (χ2n) is 18.8. The number of hydrogen-bond donors (Lipinski definition) is 0. The van der Waals surface area contributed by atoms with Crippen LogP contribution in [0.3, 0.4) is 0 Å². The number of esters is 3. The van der Waals surface area contributed by atoms with Crippen LogP contribution in [0.15, 0.2) is 72.9 Å². The summed E-state index contributed by atoms with van der Waals surface area (Å²) in [6.45, 7) is 6.51. The smallest absolute Gasteiger partial charge is 0.306 e. The zero-order chi connectivity index (χ0) is 48.6. The minimum Gasteiger partial charge on any atom is -0.462 e. The molecule has 0 aliphatic rings. The lowest BCUT2D eigenvalue weighted by Crippen LogP contribution is -2.30. The molecule has 1 atom stereocenters. The fraction of sp³-hybridized carbons (Fsp3) is 0.754. The molecule has 0 radical (unpaired) electrons. The van der Waals surface area contributed by atoms with Crippen LogP contribution in [0.4, 0.5) is 0 Å². The van der Waals surface area contributed by atoms with Gasteiger partial charge in [0.2, 0.25) is 0 Å². The molecule has 0 spiro atoms. The molecule has 67 heavy (non-hydrogen) atoms. The van der Waals surface area contributed by atoms with Crippen LogP contribution in [0.1, 0.15) is 278 Å². The molecule has 0 heterocycles. The van der Waals surface area contributed by atoms with E-state index in [1.165, 1.54) is 128 Å². The highest BCUT2D eigenvalue weighted by Crippen LogP contribution is 2.15. The molecule has 0 N–H and O–H groups in total. The van der Waals surface area contributed by atoms with Gasteiger partial charge < -0.3 is 14.2 Å². The summed E-state index contributed by atoms with van der Waals surface area (Å²) in [7, 11) is 0. The maximum absolute atomic E-state index is 12.8. The van der Waals surface area contributed by atoms with E-state index in [9.17, 15) is 14.4 Å². The maximum atomic E-state index is 12.8. The lowest BCUT2D eigenvalue weighted by atomic mass is 10.1. The number of ether oxygens (including phenoxy) is 3. The summed E-state index contributed by atoms with van der Waals surface area (Å²) in [6, 6.07) is 0. The quantitative estimate of drug-likeness (QED) is 0.0262. The number of unbranched alkanes of at least 4 members (excludes halogenated alkanes) is 28. The van der Waals surface area contributed by atoms with Crippen molar-refractivity contribution >= 4 is 17.9 Å². The molecule has 386 valence electrons. The molecule has 0 aliphatic heterocycles. The van der Waals surface area contributed by atoms with Crippen molar-refractivity contribution in [1.29, 1.82) is 0 Å². The van der Waals surface area contributed by atoms with Crippen LogP contribution < -0.4 is 0 Å². The van der Waals surface area contributed by atoms with E-state index >= 15 is 0 Å². The Hall–Kier alpha value is -3.15. The van der Waals surface area contributed by atoms with E-state index in [0.29, 0.717) is 19.3 Å². The van der Waals surface area contributed by atoms with E-state index in [1.807, 2.05) is 0 Å². The largest absolute Gasteiger partial charge is 0.462 e. The number of rotatable bonds is 51. The minimum absolute atomic E-state index is 0.0815. The standard InChI is InChI=1S/C61H106O6/c1-4-7-10-13-16-19-22-24-26-28-30-31-32-34-35-37-39-42-45-48-51-54-60(63)66-57-58(56-65-59(62)53-50-47-44-41-21-18-15-12-9-6-3)67-61(64)55-52-49-46-43-40-38-36-33-29-27-25-23-20-17-14-11-8-5-2/h7,10,16,19,24,26-27,29-31,34-35,58H,4-6,8-9,11-15,17-18,20-23,25,28,32-33,36-57H2,1-3H3/b10-7-,19-16-,26-24-,29-27-,31-30-,35-34-. The first-order valence-corrected chi connectivity index (χ1v) is 28.4. The molecule has 6 nitrogen and oxygen atoms in total. The molecular formula is C61H106O6. The van der Waals surface area contributed by atoms with Gasteiger partial charge in [-0.15, -0.1) is 0 Å². The summed E-state index contributed by atoms with van der Waals surface area (Å²) in [5.74, 6) is -0.900. The zero-order valence-electron chi connectivity index (χ0n) is 44.2. The molecule has 0 saturated heterocycles. The molecule has 1 unspecified atom stereocenters. The van der Waals surface area contributed by atoms with Crippen LogP contribution in [0.2, 0.25) is 0 Å². The Kier molecular flexibility index (Phi) is 52.8. The maximum Gasteiger partial charge on any atom is 0.306 e. The van der Waals surface area contributed by atoms with Gasteiger partial charge in [-0.3, -0.25) is 14.4 Å². The number of carbonyl (C=O) groups excluding carboxylic acids is 3. The second-order valence-corrected chi connectivity index (χ2v) is 18.8. The third-order valence-electron chi connectivity index (χ3n) is 12.2. The fourth-order valence-electron chi connectivity index (χ4n) is 7.93. The number of allylic oxidation sites excluding steroid dienone is 12. The van der Waals surface area contributed by atoms with E-state index in [2.05, 4.69) is 93.7 Å². The number of carbonyl (C=O) groups is 3. The first kappa shape index (κ1) is 63.8. The SMILES string of the molecule is CC/C=C\C/C=C\C/C=C\C/C=C\C/C=C\CCCCCCCC(=O)OCC(COC(=O)CCCCCCCCCCCC)OC(=O)CCCCCCCCC/C=C\CCCCCCCCC. The van der Waals surface area contributed by atoms with Gasteiger partial charge in [0.1, 0.15) is 13.2 Å². The summed E-state index contributed by atoms with van der Waals surface area (Å²) in [5, 5.41) is 0. The van der Waals surface area contributed by atoms with Crippen molar-refractivity contribution in [2.24, 2.45) is 0 Å². The van der Waals surface area contributed by atoms with Gasteiger partial charge in [-0.25, -0.2) is 0 Å². The van der Waals surface area contributed by atoms with Crippen LogP contribution in [-0.2, 0) is 28.6 Å². The Morgan fingerprint density at radius 2 is 0.582 bits per heavy atom. The van der Waals surface area contributed by atoms with Gasteiger partial charge in [-0.1, -0.05) is 241 Å². The van der Waals surface area contributed by atoms with Gasteiger partial charge >= 0.3 is 17.9 Å². The van der Waals surface area contributed by atoms with Gasteiger partial charge in [0.05, 0.1) is 0 Å². The summed E-state index contributed by atoms with van der Waals surface area (Å²) in [5.41, 5.74) is 0. The predicted octanol–water partition coefficient (Wildman–Crippen LogP) is 19.0. The fourth-order valence-corrected chi connectivity index (χ4v) is 7.93. The molecule has 0 aromatic rings. The summed E-state index contributed by atoms with van der Waals surface area (Å²) >= 11 is 0. The van der Waals surface area contributed by atoms with E-state index in [-0.39, 0.29) is 31.1 Å². The summed E-state index contributed by atoms with van der Waals surface area (Å²) in [4.78, 5) is 38.1. The van der Waals surface area contributed by atoms with E-state index in [1.54, 1.807) is 0 Å². The van der Waals surface area contributed by atoms with Crippen LogP contribution in [0.5, 0.6) is 0 Å². The second kappa shape index (κ2) is 55.4. The van der Waals surface area contributed by atoms with Gasteiger partial charge in [0.25, 0.3) is 0 Å². The van der Waals surface area contributed by atoms with Gasteiger partial charge in [0.15, 0.2) is 6.10 Å². The molecule has 0 amide bonds. The third kappa shape index (κ3) is 53.7. The Balaban J connectivity index is 4.35. The molecule has 0 bridgehead atoms. The minimum atomic E-state index is -0.784. The van der Waals surface area contributed by atoms with Crippen LogP contribution >= 0.6 is 0 Å². The van der Waals surface area contributed by atoms with Gasteiger partial charge in [-0.2, -0.15) is 0 Å². The van der Waals surface area contributed by atoms with Crippen molar-refractivity contribution < 1.29 is 28.6 Å². The molecule has 0 rings (SSSR count). The average Bonchev–Trinajstić information content (AvgIpc) is 3.33. The predicted molar refractivity (Wildman–Crippen MR) is 288 cm³/mol. The molecule has 0 saturated carbocycles. The lowest BCUT2D eigenvalue weighted by Gasteiger charge is -2.18. The Labute approximate surface area is 414 Å². The first-order chi connectivity index (χ1) is 33.0. The summed E-state index contributed by atoms with van der Waals surface area (Å²) < 4.78 is 16.8. The van der Waals surface area contributed by atoms with E-state index < -0.39 is 6.10 Å². The summed E-state index contributed by atoms with van der Waals surface area (Å²) in [6.07, 6.45) is 70.3. The Bertz CT molecular complexity index is 1260. The van der Waals surface area contributed by atoms with E-state index in [0.717, 1.165) is 109 Å². The average molecular weight is 936 g/mol. The van der Waals surface area contributed by atoms with Crippen LogP contribution in [-0.4, -0.2) is 37.2 Å². The highest BCUT2D eigenvalue weighted by atomic mass is 16.6. The van der Waals surface area contributed by atoms with Crippen molar-refractivity contribution in [3.63, 3.8) is 0 Å². The van der Waals surface area contributed by atoms with Crippen molar-refractivity contribution in [3.8, 4) is 0 Å². The number of hydrogen-bond acceptors (Lipinski definition) is 6. The Morgan fingerprint density at radius 1 is 0.313 bits per heavy atom. The third-order valence-corrected chi connectivity index (χ3v) is 12.2. The monoisotopic (exact) mass is 935 g/mol. The van der Waals surface area contributed by atoms with Gasteiger partial charge in [-0.05, 0) is 89.9 Å². The highest BCUT2D eigenvalue weighted by molar-refractivity contribution is 5.71. The van der Waals surface area contributed by atoms with Crippen molar-refractivity contribution in [1.82, 2.24) is 0 Å². The normalized spacial score (nSPS) is 12.6. The van der Waals surface area contributed by atoms with Crippen LogP contribution in [0, 0.1) is 0 Å². The molecule has 0 fully saturated rings. The Morgan fingerprint density at radius 3 is 0.925 bits per heavy atom. The highest BCUT2D eigenvalue weighted by Gasteiger charge is 2.19. The van der Waals surface area contributed by atoms with Crippen molar-refractivity contribution in [2.45, 2.75) is 284 Å². The topological polar surface area (TPSA) is 78.9 Å². The van der Waals surface area contributed by atoms with Gasteiger partial charge in [0, 0.05) is 19.3 Å². The first-order valence-electron chi connectivity index (χ1n) is 28.4.